The molecule has 0 radical (unpaired) electrons. The predicted octanol–water partition coefficient (Wildman–Crippen LogP) is 2.66. The van der Waals surface area contributed by atoms with Crippen molar-refractivity contribution in [2.75, 3.05) is 5.73 Å². The van der Waals surface area contributed by atoms with E-state index < -0.39 is 17.3 Å². The van der Waals surface area contributed by atoms with Gasteiger partial charge in [-0.3, -0.25) is 0 Å². The number of benzene rings is 1. The molecule has 4 nitrogen and oxygen atoms in total. The van der Waals surface area contributed by atoms with Gasteiger partial charge >= 0.3 is 5.97 Å². The Morgan fingerprint density at radius 3 is 2.62 bits per heavy atom. The molecule has 0 amide bonds. The number of halogens is 2. The summed E-state index contributed by atoms with van der Waals surface area (Å²) >= 11 is 2.99. The van der Waals surface area contributed by atoms with E-state index in [4.69, 9.17) is 15.6 Å². The van der Waals surface area contributed by atoms with Crippen LogP contribution in [0.2, 0.25) is 0 Å². The number of aromatic carboxylic acids is 1. The zero-order valence-corrected chi connectivity index (χ0v) is 10.3. The highest BCUT2D eigenvalue weighted by atomic mass is 79.9. The lowest BCUT2D eigenvalue weighted by Crippen LogP contribution is -2.11. The van der Waals surface area contributed by atoms with Gasteiger partial charge in [0.15, 0.2) is 5.82 Å². The van der Waals surface area contributed by atoms with Gasteiger partial charge in [0.05, 0.1) is 16.3 Å². The van der Waals surface area contributed by atoms with E-state index in [0.29, 0.717) is 0 Å². The molecule has 6 heteroatoms. The number of nitrogen functional groups attached to an aromatic ring is 1. The molecule has 0 spiro atoms. The van der Waals surface area contributed by atoms with Crippen molar-refractivity contribution in [3.8, 4) is 5.75 Å². The number of anilines is 1. The van der Waals surface area contributed by atoms with Crippen LogP contribution >= 0.6 is 15.9 Å². The number of hydrogen-bond donors (Lipinski definition) is 2. The Morgan fingerprint density at radius 1 is 1.62 bits per heavy atom. The van der Waals surface area contributed by atoms with Crippen LogP contribution in [0.5, 0.6) is 5.75 Å². The third kappa shape index (κ3) is 2.44. The van der Waals surface area contributed by atoms with Crippen LogP contribution in [0, 0.1) is 5.82 Å². The second kappa shape index (κ2) is 4.69. The van der Waals surface area contributed by atoms with Crippen molar-refractivity contribution in [2.24, 2.45) is 0 Å². The summed E-state index contributed by atoms with van der Waals surface area (Å²) in [6.07, 6.45) is -0.164. The quantitative estimate of drug-likeness (QED) is 0.840. The maximum absolute atomic E-state index is 13.4. The summed E-state index contributed by atoms with van der Waals surface area (Å²) in [7, 11) is 0. The van der Waals surface area contributed by atoms with E-state index in [0.717, 1.165) is 0 Å². The highest BCUT2D eigenvalue weighted by Crippen LogP contribution is 2.34. The van der Waals surface area contributed by atoms with Crippen LogP contribution < -0.4 is 10.5 Å². The largest absolute Gasteiger partial charge is 0.490 e. The van der Waals surface area contributed by atoms with Crippen molar-refractivity contribution in [1.82, 2.24) is 0 Å². The van der Waals surface area contributed by atoms with Crippen molar-refractivity contribution in [1.29, 1.82) is 0 Å². The molecule has 0 saturated carbocycles. The van der Waals surface area contributed by atoms with Crippen molar-refractivity contribution in [2.45, 2.75) is 20.0 Å². The maximum Gasteiger partial charge on any atom is 0.340 e. The molecule has 1 aromatic carbocycles. The molecule has 3 N–H and O–H groups in total. The fourth-order valence-corrected chi connectivity index (χ4v) is 1.71. The molecule has 1 aromatic rings. The minimum absolute atomic E-state index is 0.0559. The van der Waals surface area contributed by atoms with Gasteiger partial charge in [0.25, 0.3) is 0 Å². The van der Waals surface area contributed by atoms with Crippen molar-refractivity contribution < 1.29 is 19.0 Å². The van der Waals surface area contributed by atoms with Gasteiger partial charge in [-0.1, -0.05) is 0 Å². The molecule has 0 fully saturated rings. The Labute approximate surface area is 100 Å². The Balaban J connectivity index is 3.38. The van der Waals surface area contributed by atoms with E-state index in [9.17, 15) is 9.18 Å². The lowest BCUT2D eigenvalue weighted by molar-refractivity contribution is 0.0690. The summed E-state index contributed by atoms with van der Waals surface area (Å²) in [5.41, 5.74) is 4.59. The van der Waals surface area contributed by atoms with E-state index in [2.05, 4.69) is 15.9 Å². The Bertz CT molecular complexity index is 435. The average molecular weight is 292 g/mol. The molecule has 16 heavy (non-hydrogen) atoms. The van der Waals surface area contributed by atoms with Crippen LogP contribution in [0.25, 0.3) is 0 Å². The minimum atomic E-state index is -1.40. The van der Waals surface area contributed by atoms with Crippen LogP contribution in [-0.4, -0.2) is 17.2 Å². The zero-order valence-electron chi connectivity index (χ0n) is 8.75. The minimum Gasteiger partial charge on any atom is -0.490 e. The maximum atomic E-state index is 13.4. The van der Waals surface area contributed by atoms with E-state index in [1.54, 1.807) is 13.8 Å². The third-order valence-electron chi connectivity index (χ3n) is 1.77. The van der Waals surface area contributed by atoms with Crippen LogP contribution in [0.3, 0.4) is 0 Å². The van der Waals surface area contributed by atoms with Crippen LogP contribution in [0.4, 0.5) is 10.1 Å². The predicted molar refractivity (Wildman–Crippen MR) is 61.2 cm³/mol. The highest BCUT2D eigenvalue weighted by molar-refractivity contribution is 9.10. The second-order valence-corrected chi connectivity index (χ2v) is 4.23. The molecule has 0 atom stereocenters. The summed E-state index contributed by atoms with van der Waals surface area (Å²) in [5, 5.41) is 8.85. The lowest BCUT2D eigenvalue weighted by atomic mass is 10.1. The lowest BCUT2D eigenvalue weighted by Gasteiger charge is -2.14. The SMILES string of the molecule is CC(C)Oc1cc(N)c(F)c(C(=O)O)c1Br. The van der Waals surface area contributed by atoms with Crippen molar-refractivity contribution in [3.63, 3.8) is 0 Å². The number of hydrogen-bond acceptors (Lipinski definition) is 3. The van der Waals surface area contributed by atoms with Gasteiger partial charge in [0.2, 0.25) is 0 Å². The first-order chi connectivity index (χ1) is 7.34. The summed E-state index contributed by atoms with van der Waals surface area (Å²) < 4.78 is 18.8. The summed E-state index contributed by atoms with van der Waals surface area (Å²) in [5.74, 6) is -2.15. The van der Waals surface area contributed by atoms with E-state index >= 15 is 0 Å². The van der Waals surface area contributed by atoms with E-state index in [-0.39, 0.29) is 22.0 Å². The van der Waals surface area contributed by atoms with Gasteiger partial charge in [0, 0.05) is 6.07 Å². The molecule has 1 rings (SSSR count). The normalized spacial score (nSPS) is 10.6. The number of carboxylic acid groups (broad SMARTS) is 1. The zero-order chi connectivity index (χ0) is 12.5. The highest BCUT2D eigenvalue weighted by Gasteiger charge is 2.22. The fraction of sp³-hybridized carbons (Fsp3) is 0.300. The number of nitrogens with two attached hydrogens (primary N) is 1. The summed E-state index contributed by atoms with van der Waals surface area (Å²) in [6, 6.07) is 1.26. The van der Waals surface area contributed by atoms with Gasteiger partial charge in [-0.2, -0.15) is 0 Å². The molecule has 0 aliphatic rings. The number of rotatable bonds is 3. The van der Waals surface area contributed by atoms with Gasteiger partial charge in [-0.25, -0.2) is 9.18 Å². The topological polar surface area (TPSA) is 72.5 Å². The van der Waals surface area contributed by atoms with Gasteiger partial charge < -0.3 is 15.6 Å². The van der Waals surface area contributed by atoms with Gasteiger partial charge in [-0.15, -0.1) is 0 Å². The number of carboxylic acids is 1. The number of carbonyl (C=O) groups is 1. The molecule has 0 aromatic heterocycles. The van der Waals surface area contributed by atoms with Crippen LogP contribution in [0.15, 0.2) is 10.5 Å². The molecule has 0 saturated heterocycles. The molecule has 88 valence electrons. The smallest absolute Gasteiger partial charge is 0.340 e. The molecule has 0 unspecified atom stereocenters. The van der Waals surface area contributed by atoms with Crippen LogP contribution in [0.1, 0.15) is 24.2 Å². The first-order valence-electron chi connectivity index (χ1n) is 4.52. The second-order valence-electron chi connectivity index (χ2n) is 3.44. The average Bonchev–Trinajstić information content (AvgIpc) is 2.13. The van der Waals surface area contributed by atoms with Crippen molar-refractivity contribution >= 4 is 27.6 Å². The Morgan fingerprint density at radius 2 is 2.19 bits per heavy atom. The molecule has 0 heterocycles. The number of ether oxygens (including phenoxy) is 1. The first-order valence-corrected chi connectivity index (χ1v) is 5.31. The van der Waals surface area contributed by atoms with E-state index in [1.807, 2.05) is 0 Å². The molecule has 0 aliphatic carbocycles. The Hall–Kier alpha value is -1.30. The van der Waals surface area contributed by atoms with Crippen molar-refractivity contribution in [3.05, 3.63) is 21.9 Å². The van der Waals surface area contributed by atoms with Gasteiger partial charge in [-0.05, 0) is 29.8 Å². The summed E-state index contributed by atoms with van der Waals surface area (Å²) in [4.78, 5) is 10.9. The van der Waals surface area contributed by atoms with Gasteiger partial charge in [0.1, 0.15) is 11.3 Å². The first kappa shape index (κ1) is 12.8. The van der Waals surface area contributed by atoms with E-state index in [1.165, 1.54) is 6.07 Å². The Kier molecular flexibility index (Phi) is 3.74. The standard InChI is InChI=1S/C10H11BrFNO3/c1-4(2)16-6-3-5(13)9(12)7(8(6)11)10(14)15/h3-4H,13H2,1-2H3,(H,14,15). The summed E-state index contributed by atoms with van der Waals surface area (Å²) in [6.45, 7) is 3.54. The molecule has 0 aliphatic heterocycles. The third-order valence-corrected chi connectivity index (χ3v) is 2.56. The monoisotopic (exact) mass is 291 g/mol. The van der Waals surface area contributed by atoms with Crippen LogP contribution in [-0.2, 0) is 0 Å². The fourth-order valence-electron chi connectivity index (χ4n) is 1.16. The molecule has 0 bridgehead atoms. The molecular weight excluding hydrogens is 281 g/mol. The molecular formula is C10H11BrFNO3.